The molecule has 0 heterocycles. The fourth-order valence-electron chi connectivity index (χ4n) is 2.01. The molecule has 0 aliphatic carbocycles. The van der Waals surface area contributed by atoms with Crippen LogP contribution in [-0.4, -0.2) is 29.7 Å². The second-order valence-corrected chi connectivity index (χ2v) is 8.28. The van der Waals surface area contributed by atoms with Crippen LogP contribution in [0.25, 0.3) is 0 Å². The maximum Gasteiger partial charge on any atom is 0.221 e. The number of Topliss-reactive ketones (excluding diaryl/α,β-unsaturated/α-hetero) is 1. The zero-order valence-electron chi connectivity index (χ0n) is 14.8. The third-order valence-corrected chi connectivity index (χ3v) is 5.83. The minimum atomic E-state index is 0.0929. The minimum Gasteiger partial charge on any atom is -0.353 e. The lowest BCUT2D eigenvalue weighted by Gasteiger charge is -2.03. The highest BCUT2D eigenvalue weighted by Crippen LogP contribution is 2.23. The Labute approximate surface area is 150 Å². The smallest absolute Gasteiger partial charge is 0.221 e. The molecule has 0 aliphatic rings. The van der Waals surface area contributed by atoms with E-state index in [1.807, 2.05) is 19.1 Å². The normalized spacial score (nSPS) is 11.0. The Morgan fingerprint density at radius 3 is 2.26 bits per heavy atom. The summed E-state index contributed by atoms with van der Waals surface area (Å²) in [5.41, 5.74) is 0. The molecular formula is C18H33NO2S2. The average molecular weight is 360 g/mol. The highest BCUT2D eigenvalue weighted by molar-refractivity contribution is 8.76. The maximum atomic E-state index is 11.7. The van der Waals surface area contributed by atoms with Gasteiger partial charge in [0.25, 0.3) is 0 Å². The molecule has 0 unspecified atom stereocenters. The van der Waals surface area contributed by atoms with Crippen LogP contribution >= 0.6 is 21.6 Å². The van der Waals surface area contributed by atoms with Crippen molar-refractivity contribution in [2.24, 2.45) is 0 Å². The van der Waals surface area contributed by atoms with Gasteiger partial charge < -0.3 is 5.32 Å². The quantitative estimate of drug-likeness (QED) is 0.235. The highest BCUT2D eigenvalue weighted by Gasteiger charge is 2.03. The summed E-state index contributed by atoms with van der Waals surface area (Å²) in [6.45, 7) is 4.77. The van der Waals surface area contributed by atoms with E-state index in [1.165, 1.54) is 32.1 Å². The zero-order chi connectivity index (χ0) is 17.2. The first kappa shape index (κ1) is 22.6. The van der Waals surface area contributed by atoms with Crippen LogP contribution in [0.4, 0.5) is 0 Å². The summed E-state index contributed by atoms with van der Waals surface area (Å²) in [6.07, 6.45) is 13.2. The lowest BCUT2D eigenvalue weighted by Crippen LogP contribution is -2.23. The van der Waals surface area contributed by atoms with Crippen molar-refractivity contribution in [2.45, 2.75) is 71.6 Å². The van der Waals surface area contributed by atoms with Crippen molar-refractivity contribution in [2.75, 3.05) is 18.1 Å². The molecule has 0 aromatic rings. The van der Waals surface area contributed by atoms with E-state index in [-0.39, 0.29) is 5.91 Å². The maximum absolute atomic E-state index is 11.7. The van der Waals surface area contributed by atoms with Gasteiger partial charge in [-0.15, -0.1) is 0 Å². The fraction of sp³-hybridized carbons (Fsp3) is 0.778. The first-order valence-electron chi connectivity index (χ1n) is 8.84. The Morgan fingerprint density at radius 2 is 1.57 bits per heavy atom. The molecule has 0 saturated heterocycles. The number of hydrogen-bond donors (Lipinski definition) is 1. The van der Waals surface area contributed by atoms with Crippen LogP contribution in [0.2, 0.25) is 0 Å². The molecule has 134 valence electrons. The van der Waals surface area contributed by atoms with Crippen molar-refractivity contribution in [3.8, 4) is 0 Å². The van der Waals surface area contributed by atoms with Crippen molar-refractivity contribution in [3.05, 3.63) is 12.2 Å². The molecule has 0 rings (SSSR count). The Morgan fingerprint density at radius 1 is 0.913 bits per heavy atom. The van der Waals surface area contributed by atoms with Crippen LogP contribution in [0.5, 0.6) is 0 Å². The highest BCUT2D eigenvalue weighted by atomic mass is 33.1. The number of hydrogen-bond acceptors (Lipinski definition) is 4. The number of carbonyl (C=O) groups excluding carboxylic acids is 2. The van der Waals surface area contributed by atoms with E-state index in [9.17, 15) is 9.59 Å². The van der Waals surface area contributed by atoms with Gasteiger partial charge in [0.05, 0.1) is 0 Å². The number of carbonyl (C=O) groups is 2. The van der Waals surface area contributed by atoms with E-state index in [0.717, 1.165) is 24.3 Å². The molecule has 0 saturated carbocycles. The predicted molar refractivity (Wildman–Crippen MR) is 105 cm³/mol. The molecule has 0 fully saturated rings. The first-order valence-corrected chi connectivity index (χ1v) is 11.3. The van der Waals surface area contributed by atoms with Crippen molar-refractivity contribution < 1.29 is 9.59 Å². The zero-order valence-corrected chi connectivity index (χ0v) is 16.4. The minimum absolute atomic E-state index is 0.0929. The van der Waals surface area contributed by atoms with Crippen LogP contribution in [-0.2, 0) is 9.59 Å². The van der Waals surface area contributed by atoms with Gasteiger partial charge in [-0.1, -0.05) is 72.8 Å². The fourth-order valence-corrected chi connectivity index (χ4v) is 4.04. The molecule has 1 amide bonds. The molecule has 23 heavy (non-hydrogen) atoms. The number of unbranched alkanes of at least 4 members (excludes halogenated alkanes) is 5. The van der Waals surface area contributed by atoms with E-state index < -0.39 is 0 Å². The second-order valence-electron chi connectivity index (χ2n) is 5.57. The van der Waals surface area contributed by atoms with E-state index in [1.54, 1.807) is 21.6 Å². The number of nitrogens with one attached hydrogen (secondary N) is 1. The third-order valence-electron chi connectivity index (χ3n) is 3.42. The number of rotatable bonds is 16. The molecule has 0 aromatic heterocycles. The molecule has 3 nitrogen and oxygen atoms in total. The van der Waals surface area contributed by atoms with Gasteiger partial charge >= 0.3 is 0 Å². The largest absolute Gasteiger partial charge is 0.353 e. The molecule has 0 aliphatic heterocycles. The molecule has 0 bridgehead atoms. The van der Waals surface area contributed by atoms with Crippen LogP contribution in [0.1, 0.15) is 71.6 Å². The molecule has 0 aromatic carbocycles. The third kappa shape index (κ3) is 17.8. The van der Waals surface area contributed by atoms with Crippen LogP contribution in [0, 0.1) is 0 Å². The van der Waals surface area contributed by atoms with Crippen molar-refractivity contribution in [1.82, 2.24) is 5.32 Å². The van der Waals surface area contributed by atoms with Gasteiger partial charge in [-0.2, -0.15) is 0 Å². The van der Waals surface area contributed by atoms with Gasteiger partial charge in [-0.25, -0.2) is 0 Å². The number of ketones is 1. The number of allylic oxidation sites excluding steroid dienone is 1. The lowest BCUT2D eigenvalue weighted by molar-refractivity contribution is -0.120. The van der Waals surface area contributed by atoms with E-state index in [2.05, 4.69) is 12.2 Å². The average Bonchev–Trinajstić information content (AvgIpc) is 2.54. The van der Waals surface area contributed by atoms with E-state index in [0.29, 0.717) is 25.2 Å². The molecular weight excluding hydrogens is 326 g/mol. The molecule has 1 N–H and O–H groups in total. The Balaban J connectivity index is 3.30. The summed E-state index contributed by atoms with van der Waals surface area (Å²) >= 11 is 0. The van der Waals surface area contributed by atoms with Crippen molar-refractivity contribution >= 4 is 33.3 Å². The van der Waals surface area contributed by atoms with Gasteiger partial charge in [0, 0.05) is 37.3 Å². The SMILES string of the molecule is C/C=C/CNC(=O)CCSSCCC(=O)CCCCCCCC. The summed E-state index contributed by atoms with van der Waals surface area (Å²) in [5.74, 6) is 2.14. The summed E-state index contributed by atoms with van der Waals surface area (Å²) in [7, 11) is 3.39. The summed E-state index contributed by atoms with van der Waals surface area (Å²) in [4.78, 5) is 23.2. The topological polar surface area (TPSA) is 46.2 Å². The van der Waals surface area contributed by atoms with Crippen LogP contribution in [0.3, 0.4) is 0 Å². The Hall–Kier alpha value is -0.420. The monoisotopic (exact) mass is 359 g/mol. The standard InChI is InChI=1S/C18H33NO2S2/c1-3-5-7-8-9-10-11-17(20)12-15-22-23-16-13-18(21)19-14-6-4-2/h4,6H,3,5,7-16H2,1-2H3,(H,19,21)/b6-4+. The summed E-state index contributed by atoms with van der Waals surface area (Å²) < 4.78 is 0. The summed E-state index contributed by atoms with van der Waals surface area (Å²) in [6, 6.07) is 0. The Kier molecular flexibility index (Phi) is 17.6. The first-order chi connectivity index (χ1) is 11.2. The molecule has 5 heteroatoms. The van der Waals surface area contributed by atoms with Crippen molar-refractivity contribution in [3.63, 3.8) is 0 Å². The van der Waals surface area contributed by atoms with Crippen molar-refractivity contribution in [1.29, 1.82) is 0 Å². The van der Waals surface area contributed by atoms with Gasteiger partial charge in [0.15, 0.2) is 0 Å². The Bertz CT molecular complexity index is 333. The summed E-state index contributed by atoms with van der Waals surface area (Å²) in [5, 5.41) is 2.83. The number of amides is 1. The molecule has 0 atom stereocenters. The molecule has 0 radical (unpaired) electrons. The van der Waals surface area contributed by atoms with Gasteiger partial charge in [-0.05, 0) is 13.3 Å². The van der Waals surface area contributed by atoms with Gasteiger partial charge in [0.2, 0.25) is 5.91 Å². The van der Waals surface area contributed by atoms with Gasteiger partial charge in [-0.3, -0.25) is 9.59 Å². The van der Waals surface area contributed by atoms with E-state index >= 15 is 0 Å². The van der Waals surface area contributed by atoms with Crippen LogP contribution in [0.15, 0.2) is 12.2 Å². The van der Waals surface area contributed by atoms with Crippen LogP contribution < -0.4 is 5.32 Å². The second kappa shape index (κ2) is 17.9. The lowest BCUT2D eigenvalue weighted by atomic mass is 10.1. The van der Waals surface area contributed by atoms with E-state index in [4.69, 9.17) is 0 Å². The predicted octanol–water partition coefficient (Wildman–Crippen LogP) is 5.16. The molecule has 0 spiro atoms. The van der Waals surface area contributed by atoms with Gasteiger partial charge in [0.1, 0.15) is 5.78 Å².